The molecule has 1 N–H and O–H groups in total. The molecule has 4 rings (SSSR count). The molecular weight excluding hydrogens is 588 g/mol. The minimum absolute atomic E-state index is 0.174. The van der Waals surface area contributed by atoms with Gasteiger partial charge < -0.3 is 4.74 Å². The maximum absolute atomic E-state index is 13.1. The van der Waals surface area contributed by atoms with Crippen molar-refractivity contribution in [2.75, 3.05) is 4.90 Å². The van der Waals surface area contributed by atoms with E-state index in [-0.39, 0.29) is 11.3 Å². The summed E-state index contributed by atoms with van der Waals surface area (Å²) in [6, 6.07) is 17.0. The van der Waals surface area contributed by atoms with Gasteiger partial charge in [0.25, 0.3) is 11.8 Å². The Balaban J connectivity index is 1.56. The Hall–Kier alpha value is -2.94. The first-order valence-corrected chi connectivity index (χ1v) is 12.0. The molecule has 1 saturated heterocycles. The van der Waals surface area contributed by atoms with E-state index in [4.69, 9.17) is 16.3 Å². The third-order valence-electron chi connectivity index (χ3n) is 5.09. The Bertz CT molecular complexity index is 1340. The number of urea groups is 1. The maximum Gasteiger partial charge on any atom is 0.335 e. The van der Waals surface area contributed by atoms with E-state index in [1.807, 2.05) is 31.2 Å². The summed E-state index contributed by atoms with van der Waals surface area (Å²) in [5.74, 6) is -0.896. The molecule has 0 saturated carbocycles. The van der Waals surface area contributed by atoms with Crippen LogP contribution in [0.4, 0.5) is 10.5 Å². The van der Waals surface area contributed by atoms with Crippen molar-refractivity contribution in [1.29, 1.82) is 0 Å². The van der Waals surface area contributed by atoms with Crippen molar-refractivity contribution in [3.8, 4) is 5.75 Å². The predicted octanol–water partition coefficient (Wildman–Crippen LogP) is 6.42. The average molecular weight is 605 g/mol. The van der Waals surface area contributed by atoms with Crippen molar-refractivity contribution in [3.63, 3.8) is 0 Å². The molecule has 0 atom stereocenters. The van der Waals surface area contributed by atoms with Crippen molar-refractivity contribution < 1.29 is 19.1 Å². The molecule has 3 aromatic rings. The number of nitrogens with one attached hydrogen (secondary N) is 1. The SMILES string of the molecule is Cc1ccc(N2C(=O)NC(=O)/C(=C/c3ccc(OCc4ccc(Br)cc4)c(Br)c3)C2=O)cc1Cl. The fourth-order valence-corrected chi connectivity index (χ4v) is 4.20. The van der Waals surface area contributed by atoms with Crippen molar-refractivity contribution in [2.24, 2.45) is 0 Å². The first-order valence-electron chi connectivity index (χ1n) is 10.1. The van der Waals surface area contributed by atoms with Gasteiger partial charge in [0.2, 0.25) is 0 Å². The topological polar surface area (TPSA) is 75.7 Å². The number of hydrogen-bond donors (Lipinski definition) is 1. The molecule has 1 aliphatic rings. The highest BCUT2D eigenvalue weighted by molar-refractivity contribution is 9.10. The summed E-state index contributed by atoms with van der Waals surface area (Å²) >= 11 is 13.0. The standard InChI is InChI=1S/C25H17Br2ClN2O4/c1-14-2-8-18(12-21(14)28)30-24(32)19(23(31)29-25(30)33)10-16-5-9-22(20(27)11-16)34-13-15-3-6-17(26)7-4-15/h2-12H,13H2,1H3,(H,29,31,33)/b19-10-. The highest BCUT2D eigenvalue weighted by Gasteiger charge is 2.37. The van der Waals surface area contributed by atoms with Gasteiger partial charge in [-0.3, -0.25) is 14.9 Å². The number of nitrogens with zero attached hydrogens (tertiary/aromatic N) is 1. The molecule has 3 aromatic carbocycles. The van der Waals surface area contributed by atoms with Crippen LogP contribution in [0.3, 0.4) is 0 Å². The third-order valence-corrected chi connectivity index (χ3v) is 6.65. The number of ether oxygens (including phenoxy) is 1. The number of aryl methyl sites for hydroxylation is 1. The normalized spacial score (nSPS) is 15.0. The second-order valence-corrected chi connectivity index (χ2v) is 9.67. The zero-order valence-electron chi connectivity index (χ0n) is 17.8. The predicted molar refractivity (Wildman–Crippen MR) is 138 cm³/mol. The van der Waals surface area contributed by atoms with Crippen molar-refractivity contribution >= 4 is 73.1 Å². The number of imide groups is 2. The summed E-state index contributed by atoms with van der Waals surface area (Å²) in [5.41, 5.74) is 2.49. The van der Waals surface area contributed by atoms with Gasteiger partial charge >= 0.3 is 6.03 Å². The molecule has 1 aliphatic heterocycles. The van der Waals surface area contributed by atoms with Gasteiger partial charge in [-0.25, -0.2) is 9.69 Å². The van der Waals surface area contributed by atoms with E-state index in [0.29, 0.717) is 27.4 Å². The van der Waals surface area contributed by atoms with E-state index < -0.39 is 17.8 Å². The van der Waals surface area contributed by atoms with E-state index in [2.05, 4.69) is 37.2 Å². The zero-order valence-corrected chi connectivity index (χ0v) is 21.7. The summed E-state index contributed by atoms with van der Waals surface area (Å²) in [6.45, 7) is 2.19. The summed E-state index contributed by atoms with van der Waals surface area (Å²) in [4.78, 5) is 38.8. The molecule has 4 amide bonds. The van der Waals surface area contributed by atoms with Crippen LogP contribution in [0, 0.1) is 6.92 Å². The minimum Gasteiger partial charge on any atom is -0.488 e. The number of barbiturate groups is 1. The lowest BCUT2D eigenvalue weighted by Gasteiger charge is -2.26. The Morgan fingerprint density at radius 1 is 1.00 bits per heavy atom. The smallest absolute Gasteiger partial charge is 0.335 e. The monoisotopic (exact) mass is 602 g/mol. The van der Waals surface area contributed by atoms with Crippen LogP contribution >= 0.6 is 43.5 Å². The van der Waals surface area contributed by atoms with Crippen LogP contribution in [-0.2, 0) is 16.2 Å². The number of halogens is 3. The fourth-order valence-electron chi connectivity index (χ4n) is 3.25. The number of benzene rings is 3. The molecule has 0 bridgehead atoms. The van der Waals surface area contributed by atoms with Gasteiger partial charge in [0.1, 0.15) is 17.9 Å². The third kappa shape index (κ3) is 5.24. The van der Waals surface area contributed by atoms with Crippen LogP contribution in [0.25, 0.3) is 6.08 Å². The number of carbonyl (C=O) groups is 3. The number of carbonyl (C=O) groups excluding carboxylic acids is 3. The Morgan fingerprint density at radius 3 is 2.41 bits per heavy atom. The molecular formula is C25H17Br2ClN2O4. The highest BCUT2D eigenvalue weighted by Crippen LogP contribution is 2.30. The van der Waals surface area contributed by atoms with Gasteiger partial charge in [-0.2, -0.15) is 0 Å². The van der Waals surface area contributed by atoms with E-state index in [1.54, 1.807) is 30.3 Å². The first-order chi connectivity index (χ1) is 16.2. The highest BCUT2D eigenvalue weighted by atomic mass is 79.9. The van der Waals surface area contributed by atoms with Crippen molar-refractivity contribution in [1.82, 2.24) is 5.32 Å². The number of anilines is 1. The number of amides is 4. The molecule has 1 fully saturated rings. The second-order valence-electron chi connectivity index (χ2n) is 7.50. The fraction of sp³-hybridized carbons (Fsp3) is 0.0800. The van der Waals surface area contributed by atoms with E-state index >= 15 is 0 Å². The van der Waals surface area contributed by atoms with Crippen molar-refractivity contribution in [2.45, 2.75) is 13.5 Å². The van der Waals surface area contributed by atoms with E-state index in [1.165, 1.54) is 12.1 Å². The quantitative estimate of drug-likeness (QED) is 0.270. The van der Waals surface area contributed by atoms with E-state index in [0.717, 1.165) is 20.5 Å². The number of hydrogen-bond acceptors (Lipinski definition) is 4. The van der Waals surface area contributed by atoms with Crippen molar-refractivity contribution in [3.05, 3.63) is 96.9 Å². The van der Waals surface area contributed by atoms with Crippen LogP contribution in [0.2, 0.25) is 5.02 Å². The van der Waals surface area contributed by atoms with Gasteiger partial charge in [-0.15, -0.1) is 0 Å². The lowest BCUT2D eigenvalue weighted by atomic mass is 10.1. The Kier molecular flexibility index (Phi) is 7.21. The minimum atomic E-state index is -0.829. The molecule has 1 heterocycles. The molecule has 0 spiro atoms. The Labute approximate surface area is 217 Å². The number of rotatable bonds is 5. The Morgan fingerprint density at radius 2 is 1.74 bits per heavy atom. The summed E-state index contributed by atoms with van der Waals surface area (Å²) in [5, 5.41) is 2.61. The van der Waals surface area contributed by atoms with Crippen LogP contribution in [-0.4, -0.2) is 17.8 Å². The molecule has 0 unspecified atom stereocenters. The summed E-state index contributed by atoms with van der Waals surface area (Å²) in [6.07, 6.45) is 1.43. The summed E-state index contributed by atoms with van der Waals surface area (Å²) in [7, 11) is 0. The average Bonchev–Trinajstić information content (AvgIpc) is 2.79. The molecule has 34 heavy (non-hydrogen) atoms. The van der Waals surface area contributed by atoms with Crippen LogP contribution < -0.4 is 15.0 Å². The zero-order chi connectivity index (χ0) is 24.4. The van der Waals surface area contributed by atoms with Gasteiger partial charge in [-0.05, 0) is 82.0 Å². The van der Waals surface area contributed by atoms with Crippen LogP contribution in [0.15, 0.2) is 75.2 Å². The first kappa shape index (κ1) is 24.2. The summed E-state index contributed by atoms with van der Waals surface area (Å²) < 4.78 is 7.51. The lowest BCUT2D eigenvalue weighted by molar-refractivity contribution is -0.122. The van der Waals surface area contributed by atoms with E-state index in [9.17, 15) is 14.4 Å². The van der Waals surface area contributed by atoms with Gasteiger partial charge in [0.15, 0.2) is 0 Å². The van der Waals surface area contributed by atoms with Gasteiger partial charge in [0.05, 0.1) is 10.2 Å². The van der Waals surface area contributed by atoms with Crippen LogP contribution in [0.1, 0.15) is 16.7 Å². The molecule has 6 nitrogen and oxygen atoms in total. The molecule has 172 valence electrons. The molecule has 9 heteroatoms. The largest absolute Gasteiger partial charge is 0.488 e. The lowest BCUT2D eigenvalue weighted by Crippen LogP contribution is -2.54. The second kappa shape index (κ2) is 10.1. The molecule has 0 aromatic heterocycles. The van der Waals surface area contributed by atoms with Gasteiger partial charge in [-0.1, -0.05) is 51.8 Å². The molecule has 0 aliphatic carbocycles. The maximum atomic E-state index is 13.1. The van der Waals surface area contributed by atoms with Crippen LogP contribution in [0.5, 0.6) is 5.75 Å². The van der Waals surface area contributed by atoms with Gasteiger partial charge in [0, 0.05) is 9.50 Å². The molecule has 0 radical (unpaired) electrons.